The maximum absolute atomic E-state index is 12.6. The number of esters is 1. The molecule has 0 radical (unpaired) electrons. The third-order valence-corrected chi connectivity index (χ3v) is 8.30. The molecule has 1 fully saturated rings. The highest BCUT2D eigenvalue weighted by molar-refractivity contribution is 5.91. The zero-order valence-corrected chi connectivity index (χ0v) is 23.7. The normalized spacial score (nSPS) is 18.4. The Labute approximate surface area is 226 Å². The summed E-state index contributed by atoms with van der Waals surface area (Å²) >= 11 is 0. The summed E-state index contributed by atoms with van der Waals surface area (Å²) < 4.78 is 11.4. The van der Waals surface area contributed by atoms with Crippen molar-refractivity contribution in [2.45, 2.75) is 111 Å². The topological polar surface area (TPSA) is 35.5 Å². The molecule has 204 valence electrons. The van der Waals surface area contributed by atoms with Gasteiger partial charge in [0, 0.05) is 0 Å². The van der Waals surface area contributed by atoms with Crippen LogP contribution in [0.25, 0.3) is 0 Å². The predicted molar refractivity (Wildman–Crippen MR) is 155 cm³/mol. The largest absolute Gasteiger partial charge is 0.494 e. The first-order valence-corrected chi connectivity index (χ1v) is 15.1. The van der Waals surface area contributed by atoms with Crippen LogP contribution < -0.4 is 9.47 Å². The minimum atomic E-state index is -0.330. The fourth-order valence-electron chi connectivity index (χ4n) is 5.43. The van der Waals surface area contributed by atoms with Crippen LogP contribution in [0.1, 0.15) is 120 Å². The number of carbonyl (C=O) groups excluding carboxylic acids is 1. The molecule has 3 rings (SSSR count). The minimum Gasteiger partial charge on any atom is -0.494 e. The van der Waals surface area contributed by atoms with E-state index in [4.69, 9.17) is 9.47 Å². The molecule has 0 aliphatic heterocycles. The molecular weight excluding hydrogens is 456 g/mol. The average molecular weight is 507 g/mol. The molecule has 0 saturated heterocycles. The number of hydrogen-bond acceptors (Lipinski definition) is 3. The van der Waals surface area contributed by atoms with Crippen molar-refractivity contribution in [1.82, 2.24) is 0 Å². The lowest BCUT2D eigenvalue weighted by Crippen LogP contribution is -2.15. The standard InChI is InChI=1S/C34H50O3/c1-4-6-7-11-28-12-14-29(15-13-28)16-17-30-18-22-33(23-19-30)37-34(35)31-20-24-32(25-21-31)36-26-9-8-10-27(3)5-2/h18-25,27-29H,4-17,26H2,1-3H3/t27-,28-,29-/m0/s1. The number of rotatable bonds is 16. The van der Waals surface area contributed by atoms with Crippen LogP contribution in [0.2, 0.25) is 0 Å². The molecule has 1 saturated carbocycles. The highest BCUT2D eigenvalue weighted by Crippen LogP contribution is 2.34. The number of benzene rings is 2. The minimum absolute atomic E-state index is 0.330. The summed E-state index contributed by atoms with van der Waals surface area (Å²) in [5.74, 6) is 3.71. The first-order valence-electron chi connectivity index (χ1n) is 15.1. The Morgan fingerprint density at radius 2 is 1.46 bits per heavy atom. The summed E-state index contributed by atoms with van der Waals surface area (Å²) in [5.41, 5.74) is 1.87. The number of ether oxygens (including phenoxy) is 2. The van der Waals surface area contributed by atoms with Gasteiger partial charge in [-0.2, -0.15) is 0 Å². The quantitative estimate of drug-likeness (QED) is 0.129. The van der Waals surface area contributed by atoms with E-state index < -0.39 is 0 Å². The van der Waals surface area contributed by atoms with Crippen LogP contribution in [0.3, 0.4) is 0 Å². The predicted octanol–water partition coefficient (Wildman–Crippen LogP) is 9.82. The lowest BCUT2D eigenvalue weighted by Gasteiger charge is -2.28. The molecule has 1 atom stereocenters. The summed E-state index contributed by atoms with van der Waals surface area (Å²) in [5, 5.41) is 0. The Bertz CT molecular complexity index is 878. The van der Waals surface area contributed by atoms with Crippen LogP contribution in [0.5, 0.6) is 11.5 Å². The van der Waals surface area contributed by atoms with Gasteiger partial charge in [-0.1, -0.05) is 97.1 Å². The van der Waals surface area contributed by atoms with Gasteiger partial charge in [-0.05, 0) is 85.4 Å². The maximum atomic E-state index is 12.6. The zero-order chi connectivity index (χ0) is 26.3. The molecule has 0 amide bonds. The molecule has 0 bridgehead atoms. The van der Waals surface area contributed by atoms with E-state index in [1.54, 1.807) is 12.1 Å². The van der Waals surface area contributed by atoms with Crippen LogP contribution >= 0.6 is 0 Å². The van der Waals surface area contributed by atoms with E-state index in [1.807, 2.05) is 24.3 Å². The summed E-state index contributed by atoms with van der Waals surface area (Å²) in [6, 6.07) is 15.3. The summed E-state index contributed by atoms with van der Waals surface area (Å²) in [6.45, 7) is 7.55. The second-order valence-electron chi connectivity index (χ2n) is 11.3. The van der Waals surface area contributed by atoms with Crippen LogP contribution in [0, 0.1) is 17.8 Å². The fraction of sp³-hybridized carbons (Fsp3) is 0.618. The van der Waals surface area contributed by atoms with Crippen LogP contribution in [-0.2, 0) is 6.42 Å². The van der Waals surface area contributed by atoms with Gasteiger partial charge < -0.3 is 9.47 Å². The first kappa shape index (κ1) is 29.3. The van der Waals surface area contributed by atoms with Crippen molar-refractivity contribution < 1.29 is 14.3 Å². The van der Waals surface area contributed by atoms with E-state index in [0.29, 0.717) is 17.9 Å². The summed E-state index contributed by atoms with van der Waals surface area (Å²) in [4.78, 5) is 12.6. The zero-order valence-electron chi connectivity index (χ0n) is 23.7. The van der Waals surface area contributed by atoms with Gasteiger partial charge in [-0.15, -0.1) is 0 Å². The SMILES string of the molecule is CCCCC[C@H]1CC[C@H](CCc2ccc(OC(=O)c3ccc(OCCCC[C@@H](C)CC)cc3)cc2)CC1. The van der Waals surface area contributed by atoms with E-state index in [-0.39, 0.29) is 5.97 Å². The van der Waals surface area contributed by atoms with E-state index in [2.05, 4.69) is 32.9 Å². The van der Waals surface area contributed by atoms with Gasteiger partial charge >= 0.3 is 5.97 Å². The van der Waals surface area contributed by atoms with E-state index in [1.165, 1.54) is 82.6 Å². The molecular formula is C34H50O3. The Morgan fingerprint density at radius 3 is 2.11 bits per heavy atom. The van der Waals surface area contributed by atoms with Crippen molar-refractivity contribution in [2.24, 2.45) is 17.8 Å². The molecule has 0 spiro atoms. The number of unbranched alkanes of at least 4 members (excludes halogenated alkanes) is 3. The first-order chi connectivity index (χ1) is 18.1. The van der Waals surface area contributed by atoms with Crippen molar-refractivity contribution in [2.75, 3.05) is 6.61 Å². The Morgan fingerprint density at radius 1 is 0.811 bits per heavy atom. The molecule has 1 aliphatic carbocycles. The lowest BCUT2D eigenvalue weighted by atomic mass is 9.78. The van der Waals surface area contributed by atoms with Gasteiger partial charge in [-0.3, -0.25) is 0 Å². The van der Waals surface area contributed by atoms with Gasteiger partial charge in [0.05, 0.1) is 12.2 Å². The van der Waals surface area contributed by atoms with E-state index >= 15 is 0 Å². The molecule has 0 unspecified atom stereocenters. The molecule has 0 aromatic heterocycles. The molecule has 0 N–H and O–H groups in total. The Balaban J connectivity index is 1.34. The molecule has 3 nitrogen and oxygen atoms in total. The third kappa shape index (κ3) is 10.9. The number of aryl methyl sites for hydroxylation is 1. The van der Waals surface area contributed by atoms with Crippen molar-refractivity contribution in [3.05, 3.63) is 59.7 Å². The van der Waals surface area contributed by atoms with E-state index in [9.17, 15) is 4.79 Å². The maximum Gasteiger partial charge on any atom is 0.343 e. The molecule has 3 heteroatoms. The van der Waals surface area contributed by atoms with Gasteiger partial charge in [0.25, 0.3) is 0 Å². The Hall–Kier alpha value is -2.29. The Kier molecular flexibility index (Phi) is 13.1. The summed E-state index contributed by atoms with van der Waals surface area (Å²) in [6.07, 6.45) is 18.4. The molecule has 2 aromatic carbocycles. The van der Waals surface area contributed by atoms with Crippen molar-refractivity contribution >= 4 is 5.97 Å². The van der Waals surface area contributed by atoms with Crippen LogP contribution in [0.4, 0.5) is 0 Å². The second kappa shape index (κ2) is 16.5. The number of carbonyl (C=O) groups is 1. The highest BCUT2D eigenvalue weighted by atomic mass is 16.5. The molecule has 1 aliphatic rings. The monoisotopic (exact) mass is 506 g/mol. The van der Waals surface area contributed by atoms with Gasteiger partial charge in [0.15, 0.2) is 0 Å². The van der Waals surface area contributed by atoms with Gasteiger partial charge in [0.2, 0.25) is 0 Å². The molecule has 0 heterocycles. The van der Waals surface area contributed by atoms with Gasteiger partial charge in [-0.25, -0.2) is 4.79 Å². The smallest absolute Gasteiger partial charge is 0.343 e. The number of hydrogen-bond donors (Lipinski definition) is 0. The van der Waals surface area contributed by atoms with Gasteiger partial charge in [0.1, 0.15) is 11.5 Å². The average Bonchev–Trinajstić information content (AvgIpc) is 2.93. The van der Waals surface area contributed by atoms with Crippen molar-refractivity contribution in [3.8, 4) is 11.5 Å². The third-order valence-electron chi connectivity index (χ3n) is 8.30. The van der Waals surface area contributed by atoms with Crippen molar-refractivity contribution in [1.29, 1.82) is 0 Å². The molecule has 2 aromatic rings. The molecule has 37 heavy (non-hydrogen) atoms. The highest BCUT2D eigenvalue weighted by Gasteiger charge is 2.20. The van der Waals surface area contributed by atoms with Crippen LogP contribution in [-0.4, -0.2) is 12.6 Å². The lowest BCUT2D eigenvalue weighted by molar-refractivity contribution is 0.0734. The van der Waals surface area contributed by atoms with Crippen molar-refractivity contribution in [3.63, 3.8) is 0 Å². The van der Waals surface area contributed by atoms with Crippen LogP contribution in [0.15, 0.2) is 48.5 Å². The summed E-state index contributed by atoms with van der Waals surface area (Å²) in [7, 11) is 0. The second-order valence-corrected chi connectivity index (χ2v) is 11.3. The van der Waals surface area contributed by atoms with E-state index in [0.717, 1.165) is 36.3 Å². The fourth-order valence-corrected chi connectivity index (χ4v) is 5.43.